The summed E-state index contributed by atoms with van der Waals surface area (Å²) in [5.74, 6) is 0.714. The van der Waals surface area contributed by atoms with E-state index in [1.165, 1.54) is 0 Å². The van der Waals surface area contributed by atoms with Gasteiger partial charge in [0.25, 0.3) is 0 Å². The summed E-state index contributed by atoms with van der Waals surface area (Å²) in [6, 6.07) is 6.87. The normalized spacial score (nSPS) is 24.3. The highest BCUT2D eigenvalue weighted by molar-refractivity contribution is 5.87. The smallest absolute Gasteiger partial charge is 0.315 e. The molecule has 0 spiro atoms. The van der Waals surface area contributed by atoms with Crippen LogP contribution in [0, 0.1) is 0 Å². The van der Waals surface area contributed by atoms with Gasteiger partial charge in [0.1, 0.15) is 11.8 Å². The van der Waals surface area contributed by atoms with Gasteiger partial charge < -0.3 is 20.7 Å². The van der Waals surface area contributed by atoms with Gasteiger partial charge in [-0.15, -0.1) is 0 Å². The molecule has 3 amide bonds. The van der Waals surface area contributed by atoms with Crippen LogP contribution >= 0.6 is 0 Å². The third-order valence-corrected chi connectivity index (χ3v) is 4.10. The first-order chi connectivity index (χ1) is 10.7. The highest BCUT2D eigenvalue weighted by Gasteiger charge is 2.26. The fraction of sp³-hybridized carbons (Fsp3) is 0.500. The summed E-state index contributed by atoms with van der Waals surface area (Å²) in [4.78, 5) is 24.1. The molecule has 0 saturated carbocycles. The largest absolute Gasteiger partial charge is 0.493 e. The van der Waals surface area contributed by atoms with Crippen molar-refractivity contribution >= 4 is 11.9 Å². The third-order valence-electron chi connectivity index (χ3n) is 4.10. The molecule has 0 unspecified atom stereocenters. The molecule has 22 heavy (non-hydrogen) atoms. The Morgan fingerprint density at radius 1 is 1.14 bits per heavy atom. The van der Waals surface area contributed by atoms with E-state index in [1.807, 2.05) is 24.3 Å². The second-order valence-corrected chi connectivity index (χ2v) is 5.68. The molecule has 1 aromatic rings. The molecule has 1 aromatic carbocycles. The van der Waals surface area contributed by atoms with Crippen LogP contribution in [0.15, 0.2) is 24.3 Å². The molecule has 118 valence electrons. The SMILES string of the molecule is O=C(N[C@H]1CCOc2ccccc21)N[C@@H]1CCCCNC1=O. The Balaban J connectivity index is 1.61. The zero-order chi connectivity index (χ0) is 15.4. The molecule has 1 fully saturated rings. The molecular weight excluding hydrogens is 282 g/mol. The average Bonchev–Trinajstić information content (AvgIpc) is 2.73. The molecule has 0 radical (unpaired) electrons. The molecule has 6 nitrogen and oxygen atoms in total. The molecule has 0 aliphatic carbocycles. The highest BCUT2D eigenvalue weighted by Crippen LogP contribution is 2.31. The lowest BCUT2D eigenvalue weighted by Gasteiger charge is -2.27. The van der Waals surface area contributed by atoms with Gasteiger partial charge in [-0.3, -0.25) is 4.79 Å². The highest BCUT2D eigenvalue weighted by atomic mass is 16.5. The third kappa shape index (κ3) is 3.32. The average molecular weight is 303 g/mol. The number of nitrogens with one attached hydrogen (secondary N) is 3. The van der Waals surface area contributed by atoms with Crippen molar-refractivity contribution in [3.8, 4) is 5.75 Å². The monoisotopic (exact) mass is 303 g/mol. The fourth-order valence-corrected chi connectivity index (χ4v) is 2.93. The van der Waals surface area contributed by atoms with Gasteiger partial charge >= 0.3 is 6.03 Å². The Hall–Kier alpha value is -2.24. The van der Waals surface area contributed by atoms with Gasteiger partial charge in [-0.1, -0.05) is 18.2 Å². The van der Waals surface area contributed by atoms with Crippen molar-refractivity contribution in [2.45, 2.75) is 37.8 Å². The Morgan fingerprint density at radius 2 is 1.95 bits per heavy atom. The predicted octanol–water partition coefficient (Wildman–Crippen LogP) is 1.48. The van der Waals surface area contributed by atoms with Gasteiger partial charge in [0.2, 0.25) is 5.91 Å². The number of rotatable bonds is 2. The molecule has 3 rings (SSSR count). The number of amides is 3. The van der Waals surface area contributed by atoms with E-state index in [9.17, 15) is 9.59 Å². The molecule has 2 atom stereocenters. The van der Waals surface area contributed by atoms with E-state index >= 15 is 0 Å². The Kier molecular flexibility index (Phi) is 4.46. The van der Waals surface area contributed by atoms with Crippen molar-refractivity contribution < 1.29 is 14.3 Å². The number of hydrogen-bond acceptors (Lipinski definition) is 3. The molecule has 2 aliphatic rings. The standard InChI is InChI=1S/C16H21N3O3/c20-15-13(6-3-4-9-17-15)19-16(21)18-12-8-10-22-14-7-2-1-5-11(12)14/h1-2,5,7,12-13H,3-4,6,8-10H2,(H,17,20)(H2,18,19,21)/t12-,13+/m0/s1. The fourth-order valence-electron chi connectivity index (χ4n) is 2.93. The van der Waals surface area contributed by atoms with E-state index in [2.05, 4.69) is 16.0 Å². The van der Waals surface area contributed by atoms with Crippen LogP contribution < -0.4 is 20.7 Å². The minimum Gasteiger partial charge on any atom is -0.493 e. The summed E-state index contributed by atoms with van der Waals surface area (Å²) in [6.45, 7) is 1.26. The van der Waals surface area contributed by atoms with Crippen LogP contribution in [0.3, 0.4) is 0 Å². The van der Waals surface area contributed by atoms with E-state index in [0.29, 0.717) is 19.6 Å². The first-order valence-corrected chi connectivity index (χ1v) is 7.80. The van der Waals surface area contributed by atoms with Crippen LogP contribution in [-0.2, 0) is 4.79 Å². The lowest BCUT2D eigenvalue weighted by molar-refractivity contribution is -0.122. The van der Waals surface area contributed by atoms with Crippen molar-refractivity contribution in [3.05, 3.63) is 29.8 Å². The molecular formula is C16H21N3O3. The minimum atomic E-state index is -0.447. The van der Waals surface area contributed by atoms with Crippen LogP contribution in [0.4, 0.5) is 4.79 Å². The number of para-hydroxylation sites is 1. The summed E-state index contributed by atoms with van der Waals surface area (Å²) in [5, 5.41) is 8.55. The Labute approximate surface area is 129 Å². The second-order valence-electron chi connectivity index (χ2n) is 5.68. The molecule has 6 heteroatoms. The van der Waals surface area contributed by atoms with Crippen molar-refractivity contribution in [2.75, 3.05) is 13.2 Å². The number of carbonyl (C=O) groups excluding carboxylic acids is 2. The first-order valence-electron chi connectivity index (χ1n) is 7.80. The van der Waals surface area contributed by atoms with Gasteiger partial charge in [0.05, 0.1) is 12.6 Å². The summed E-state index contributed by atoms with van der Waals surface area (Å²) in [7, 11) is 0. The lowest BCUT2D eigenvalue weighted by Crippen LogP contribution is -2.50. The van der Waals surface area contributed by atoms with Crippen molar-refractivity contribution in [2.24, 2.45) is 0 Å². The number of benzene rings is 1. The van der Waals surface area contributed by atoms with Gasteiger partial charge in [0, 0.05) is 18.5 Å². The number of carbonyl (C=O) groups is 2. The van der Waals surface area contributed by atoms with Crippen molar-refractivity contribution in [1.29, 1.82) is 0 Å². The van der Waals surface area contributed by atoms with Crippen molar-refractivity contribution in [1.82, 2.24) is 16.0 Å². The summed E-state index contributed by atoms with van der Waals surface area (Å²) in [6.07, 6.45) is 3.30. The van der Waals surface area contributed by atoms with Crippen LogP contribution in [-0.4, -0.2) is 31.1 Å². The van der Waals surface area contributed by atoms with Gasteiger partial charge in [0.15, 0.2) is 0 Å². The van der Waals surface area contributed by atoms with E-state index in [-0.39, 0.29) is 18.0 Å². The van der Waals surface area contributed by atoms with Gasteiger partial charge in [-0.05, 0) is 25.3 Å². The molecule has 2 heterocycles. The maximum absolute atomic E-state index is 12.2. The van der Waals surface area contributed by atoms with E-state index in [1.54, 1.807) is 0 Å². The lowest BCUT2D eigenvalue weighted by atomic mass is 10.0. The second kappa shape index (κ2) is 6.68. The summed E-state index contributed by atoms with van der Waals surface area (Å²) < 4.78 is 5.58. The quantitative estimate of drug-likeness (QED) is 0.774. The van der Waals surface area contributed by atoms with Crippen LogP contribution in [0.1, 0.15) is 37.3 Å². The molecule has 1 saturated heterocycles. The minimum absolute atomic E-state index is 0.0845. The maximum Gasteiger partial charge on any atom is 0.315 e. The van der Waals surface area contributed by atoms with Gasteiger partial charge in [-0.25, -0.2) is 4.79 Å². The van der Waals surface area contributed by atoms with Gasteiger partial charge in [-0.2, -0.15) is 0 Å². The molecule has 2 aliphatic heterocycles. The zero-order valence-electron chi connectivity index (χ0n) is 12.4. The maximum atomic E-state index is 12.2. The molecule has 0 bridgehead atoms. The zero-order valence-corrected chi connectivity index (χ0v) is 12.4. The van der Waals surface area contributed by atoms with E-state index < -0.39 is 6.04 Å². The molecule has 0 aromatic heterocycles. The van der Waals surface area contributed by atoms with E-state index in [4.69, 9.17) is 4.74 Å². The predicted molar refractivity (Wildman–Crippen MR) is 81.6 cm³/mol. The summed E-state index contributed by atoms with van der Waals surface area (Å²) >= 11 is 0. The Morgan fingerprint density at radius 3 is 2.86 bits per heavy atom. The van der Waals surface area contributed by atoms with Crippen LogP contribution in [0.25, 0.3) is 0 Å². The topological polar surface area (TPSA) is 79.5 Å². The molecule has 3 N–H and O–H groups in total. The number of hydrogen-bond donors (Lipinski definition) is 3. The Bertz CT molecular complexity index is 561. The number of urea groups is 1. The number of fused-ring (bicyclic) bond motifs is 1. The number of ether oxygens (including phenoxy) is 1. The van der Waals surface area contributed by atoms with Crippen molar-refractivity contribution in [3.63, 3.8) is 0 Å². The van der Waals surface area contributed by atoms with Crippen LogP contribution in [0.5, 0.6) is 5.75 Å². The first kappa shape index (κ1) is 14.7. The van der Waals surface area contributed by atoms with E-state index in [0.717, 1.165) is 30.6 Å². The summed E-state index contributed by atoms with van der Waals surface area (Å²) in [5.41, 5.74) is 0.981. The van der Waals surface area contributed by atoms with Crippen LogP contribution in [0.2, 0.25) is 0 Å².